The van der Waals surface area contributed by atoms with Gasteiger partial charge in [0, 0.05) is 6.04 Å². The minimum Gasteiger partial charge on any atom is -0.352 e. The smallest absolute Gasteiger partial charge is 0.325 e. The average molecular weight is 359 g/mol. The number of carbonyl (C=O) groups is 3. The highest BCUT2D eigenvalue weighted by Crippen LogP contribution is 2.38. The van der Waals surface area contributed by atoms with Crippen LogP contribution in [0.15, 0.2) is 0 Å². The fraction of sp³-hybridized carbons (Fsp3) is 0.812. The molecule has 2 unspecified atom stereocenters. The summed E-state index contributed by atoms with van der Waals surface area (Å²) in [5.74, 6) is -0.360. The van der Waals surface area contributed by atoms with Crippen molar-refractivity contribution in [2.75, 3.05) is 19.6 Å². The van der Waals surface area contributed by atoms with Gasteiger partial charge in [0.25, 0.3) is 5.91 Å². The fourth-order valence-corrected chi connectivity index (χ4v) is 4.02. The lowest BCUT2D eigenvalue weighted by atomic mass is 9.73. The quantitative estimate of drug-likeness (QED) is 0.650. The number of amides is 4. The van der Waals surface area contributed by atoms with Gasteiger partial charge >= 0.3 is 6.03 Å². The van der Waals surface area contributed by atoms with E-state index in [0.29, 0.717) is 6.42 Å². The summed E-state index contributed by atoms with van der Waals surface area (Å²) >= 11 is 0. The Hall–Kier alpha value is -1.34. The monoisotopic (exact) mass is 358 g/mol. The minimum atomic E-state index is -0.787. The SMILES string of the molecule is CC1CCCCC12NC(=O)N(CC(=O)NC1CCNCC1)C2=O.Cl. The van der Waals surface area contributed by atoms with Crippen molar-refractivity contribution >= 4 is 30.3 Å². The maximum Gasteiger partial charge on any atom is 0.325 e. The molecule has 0 radical (unpaired) electrons. The number of hydrogen-bond acceptors (Lipinski definition) is 4. The van der Waals surface area contributed by atoms with E-state index in [1.807, 2.05) is 6.92 Å². The number of imide groups is 1. The maximum absolute atomic E-state index is 12.8. The highest BCUT2D eigenvalue weighted by Gasteiger charge is 2.55. The molecule has 1 aliphatic carbocycles. The van der Waals surface area contributed by atoms with Gasteiger partial charge in [0.15, 0.2) is 0 Å². The van der Waals surface area contributed by atoms with Gasteiger partial charge in [0.1, 0.15) is 12.1 Å². The summed E-state index contributed by atoms with van der Waals surface area (Å²) in [5, 5.41) is 9.05. The van der Waals surface area contributed by atoms with Gasteiger partial charge in [-0.25, -0.2) is 4.79 Å². The second-order valence-corrected chi connectivity index (χ2v) is 7.03. The average Bonchev–Trinajstić information content (AvgIpc) is 2.76. The predicted molar refractivity (Wildman–Crippen MR) is 91.9 cm³/mol. The summed E-state index contributed by atoms with van der Waals surface area (Å²) in [4.78, 5) is 38.3. The van der Waals surface area contributed by atoms with Crippen molar-refractivity contribution in [2.24, 2.45) is 5.92 Å². The zero-order valence-corrected chi connectivity index (χ0v) is 14.9. The van der Waals surface area contributed by atoms with Gasteiger partial charge in [-0.05, 0) is 44.7 Å². The first-order chi connectivity index (χ1) is 11.0. The Bertz CT molecular complexity index is 510. The van der Waals surface area contributed by atoms with Crippen LogP contribution in [0.5, 0.6) is 0 Å². The Labute approximate surface area is 148 Å². The molecule has 0 aromatic heterocycles. The molecule has 8 heteroatoms. The topological polar surface area (TPSA) is 90.5 Å². The Morgan fingerprint density at radius 1 is 1.25 bits per heavy atom. The van der Waals surface area contributed by atoms with E-state index in [1.54, 1.807) is 0 Å². The van der Waals surface area contributed by atoms with E-state index in [0.717, 1.165) is 50.1 Å². The number of rotatable bonds is 3. The Morgan fingerprint density at radius 2 is 1.96 bits per heavy atom. The summed E-state index contributed by atoms with van der Waals surface area (Å²) < 4.78 is 0. The molecule has 0 aromatic carbocycles. The van der Waals surface area contributed by atoms with E-state index < -0.39 is 11.6 Å². The van der Waals surface area contributed by atoms with Gasteiger partial charge < -0.3 is 16.0 Å². The van der Waals surface area contributed by atoms with Gasteiger partial charge in [-0.15, -0.1) is 12.4 Å². The maximum atomic E-state index is 12.8. The van der Waals surface area contributed by atoms with Crippen LogP contribution >= 0.6 is 12.4 Å². The highest BCUT2D eigenvalue weighted by molar-refractivity contribution is 6.09. The van der Waals surface area contributed by atoms with Crippen molar-refractivity contribution < 1.29 is 14.4 Å². The number of hydrogen-bond donors (Lipinski definition) is 3. The van der Waals surface area contributed by atoms with Gasteiger partial charge in [0.2, 0.25) is 5.91 Å². The molecule has 136 valence electrons. The first-order valence-corrected chi connectivity index (χ1v) is 8.67. The molecule has 0 bridgehead atoms. The van der Waals surface area contributed by atoms with E-state index in [2.05, 4.69) is 16.0 Å². The van der Waals surface area contributed by atoms with Crippen LogP contribution in [0.2, 0.25) is 0 Å². The fourth-order valence-electron chi connectivity index (χ4n) is 4.02. The first-order valence-electron chi connectivity index (χ1n) is 8.67. The van der Waals surface area contributed by atoms with Crippen LogP contribution in [-0.2, 0) is 9.59 Å². The molecule has 2 aliphatic heterocycles. The zero-order chi connectivity index (χ0) is 16.4. The van der Waals surface area contributed by atoms with Crippen LogP contribution in [0.4, 0.5) is 4.79 Å². The number of halogens is 1. The van der Waals surface area contributed by atoms with Gasteiger partial charge in [-0.2, -0.15) is 0 Å². The number of carbonyl (C=O) groups excluding carboxylic acids is 3. The Morgan fingerprint density at radius 3 is 2.62 bits per heavy atom. The summed E-state index contributed by atoms with van der Waals surface area (Å²) in [5.41, 5.74) is -0.787. The predicted octanol–water partition coefficient (Wildman–Crippen LogP) is 0.777. The number of nitrogens with zero attached hydrogens (tertiary/aromatic N) is 1. The molecule has 1 saturated carbocycles. The van der Waals surface area contributed by atoms with Crippen molar-refractivity contribution in [1.29, 1.82) is 0 Å². The van der Waals surface area contributed by atoms with Gasteiger partial charge in [-0.1, -0.05) is 19.8 Å². The van der Waals surface area contributed by atoms with Crippen molar-refractivity contribution in [3.8, 4) is 0 Å². The van der Waals surface area contributed by atoms with E-state index in [4.69, 9.17) is 0 Å². The summed E-state index contributed by atoms with van der Waals surface area (Å²) in [7, 11) is 0. The lowest BCUT2D eigenvalue weighted by molar-refractivity contribution is -0.137. The van der Waals surface area contributed by atoms with E-state index in [1.165, 1.54) is 0 Å². The Balaban J connectivity index is 0.00000208. The van der Waals surface area contributed by atoms with Crippen LogP contribution in [0.1, 0.15) is 45.4 Å². The molecule has 7 nitrogen and oxygen atoms in total. The molecular weight excluding hydrogens is 332 g/mol. The summed E-state index contributed by atoms with van der Waals surface area (Å²) in [6.45, 7) is 3.60. The second kappa shape index (κ2) is 7.70. The van der Waals surface area contributed by atoms with Crippen LogP contribution in [-0.4, -0.2) is 54.0 Å². The third-order valence-electron chi connectivity index (χ3n) is 5.51. The van der Waals surface area contributed by atoms with E-state index >= 15 is 0 Å². The van der Waals surface area contributed by atoms with E-state index in [-0.39, 0.29) is 42.7 Å². The molecule has 3 aliphatic rings. The van der Waals surface area contributed by atoms with E-state index in [9.17, 15) is 14.4 Å². The van der Waals surface area contributed by atoms with Crippen molar-refractivity contribution in [3.63, 3.8) is 0 Å². The van der Waals surface area contributed by atoms with Crippen LogP contribution in [0.25, 0.3) is 0 Å². The summed E-state index contributed by atoms with van der Waals surface area (Å²) in [6, 6.07) is -0.295. The molecule has 0 aromatic rings. The molecule has 3 rings (SSSR count). The molecule has 2 saturated heterocycles. The highest BCUT2D eigenvalue weighted by atomic mass is 35.5. The third kappa shape index (κ3) is 3.52. The molecule has 2 heterocycles. The van der Waals surface area contributed by atoms with Crippen molar-refractivity contribution in [3.05, 3.63) is 0 Å². The lowest BCUT2D eigenvalue weighted by Gasteiger charge is -2.36. The number of nitrogens with one attached hydrogen (secondary N) is 3. The zero-order valence-electron chi connectivity index (χ0n) is 14.1. The molecule has 4 amide bonds. The molecule has 3 fully saturated rings. The van der Waals surface area contributed by atoms with Crippen molar-refractivity contribution in [2.45, 2.75) is 57.0 Å². The summed E-state index contributed by atoms with van der Waals surface area (Å²) in [6.07, 6.45) is 5.39. The second-order valence-electron chi connectivity index (χ2n) is 7.03. The van der Waals surface area contributed by atoms with Crippen LogP contribution < -0.4 is 16.0 Å². The molecule has 1 spiro atoms. The first kappa shape index (κ1) is 19.0. The minimum absolute atomic E-state index is 0. The molecule has 2 atom stereocenters. The standard InChI is InChI=1S/C16H26N4O3.ClH/c1-11-4-2-3-7-16(11)14(22)20(15(23)19-16)10-13(21)18-12-5-8-17-9-6-12;/h11-12,17H,2-10H2,1H3,(H,18,21)(H,19,23);1H. The number of piperidine rings is 1. The van der Waals surface area contributed by atoms with Gasteiger partial charge in [0.05, 0.1) is 0 Å². The largest absolute Gasteiger partial charge is 0.352 e. The van der Waals surface area contributed by atoms with Crippen molar-refractivity contribution in [1.82, 2.24) is 20.9 Å². The molecular formula is C16H27ClN4O3. The molecule has 24 heavy (non-hydrogen) atoms. The number of urea groups is 1. The Kier molecular flexibility index (Phi) is 6.09. The third-order valence-corrected chi connectivity index (χ3v) is 5.51. The molecule has 3 N–H and O–H groups in total. The van der Waals surface area contributed by atoms with Crippen LogP contribution in [0.3, 0.4) is 0 Å². The normalized spacial score (nSPS) is 30.9. The lowest BCUT2D eigenvalue weighted by Crippen LogP contribution is -2.54. The van der Waals surface area contributed by atoms with Gasteiger partial charge in [-0.3, -0.25) is 14.5 Å². The van der Waals surface area contributed by atoms with Crippen LogP contribution in [0, 0.1) is 5.92 Å².